The highest BCUT2D eigenvalue weighted by Crippen LogP contribution is 2.53. The van der Waals surface area contributed by atoms with E-state index in [9.17, 15) is 0 Å². The number of hydrogen-bond acceptors (Lipinski definition) is 0. The Morgan fingerprint density at radius 3 is 1.88 bits per heavy atom. The van der Waals surface area contributed by atoms with E-state index in [0.717, 1.165) is 5.92 Å². The Hall–Kier alpha value is -0.260. The zero-order valence-corrected chi connectivity index (χ0v) is 13.3. The van der Waals surface area contributed by atoms with Gasteiger partial charge in [-0.2, -0.15) is 0 Å². The van der Waals surface area contributed by atoms with E-state index >= 15 is 0 Å². The van der Waals surface area contributed by atoms with E-state index in [2.05, 4.69) is 61.5 Å². The maximum absolute atomic E-state index is 2.53. The molecule has 0 radical (unpaired) electrons. The van der Waals surface area contributed by atoms with Gasteiger partial charge in [0.15, 0.2) is 0 Å². The van der Waals surface area contributed by atoms with Crippen LogP contribution in [-0.2, 0) is 0 Å². The van der Waals surface area contributed by atoms with Gasteiger partial charge in [0.1, 0.15) is 0 Å². The van der Waals surface area contributed by atoms with E-state index in [1.54, 1.807) is 5.57 Å². The van der Waals surface area contributed by atoms with E-state index < -0.39 is 0 Å². The van der Waals surface area contributed by atoms with Crippen LogP contribution in [0.3, 0.4) is 0 Å². The molecule has 0 bridgehead atoms. The number of hydrogen-bond donors (Lipinski definition) is 0. The van der Waals surface area contributed by atoms with Crippen LogP contribution in [0.4, 0.5) is 0 Å². The Balaban J connectivity index is 3.12. The molecule has 0 amide bonds. The van der Waals surface area contributed by atoms with E-state index in [4.69, 9.17) is 0 Å². The third kappa shape index (κ3) is 2.95. The molecule has 0 aromatic rings. The molecule has 0 heterocycles. The summed E-state index contributed by atoms with van der Waals surface area (Å²) in [5, 5.41) is 0. The second kappa shape index (κ2) is 4.44. The second-order valence-corrected chi connectivity index (χ2v) is 8.36. The molecule has 0 saturated carbocycles. The van der Waals surface area contributed by atoms with Crippen molar-refractivity contribution in [1.82, 2.24) is 0 Å². The molecule has 17 heavy (non-hydrogen) atoms. The molecular formula is C17H32. The molecule has 1 aliphatic carbocycles. The summed E-state index contributed by atoms with van der Waals surface area (Å²) in [6.07, 6.45) is 6.54. The Labute approximate surface area is 109 Å². The molecule has 0 nitrogen and oxygen atoms in total. The molecule has 1 rings (SSSR count). The van der Waals surface area contributed by atoms with Gasteiger partial charge in [-0.25, -0.2) is 0 Å². The minimum atomic E-state index is 0.327. The first-order valence-corrected chi connectivity index (χ1v) is 7.18. The molecule has 0 fully saturated rings. The van der Waals surface area contributed by atoms with Crippen molar-refractivity contribution >= 4 is 0 Å². The van der Waals surface area contributed by atoms with Gasteiger partial charge in [-0.1, -0.05) is 67.0 Å². The molecule has 0 N–H and O–H groups in total. The smallest absolute Gasteiger partial charge is 0.0142 e. The van der Waals surface area contributed by atoms with Crippen LogP contribution in [0.2, 0.25) is 0 Å². The summed E-state index contributed by atoms with van der Waals surface area (Å²) in [7, 11) is 0. The van der Waals surface area contributed by atoms with Crippen molar-refractivity contribution < 1.29 is 0 Å². The van der Waals surface area contributed by atoms with Gasteiger partial charge in [-0.15, -0.1) is 0 Å². The quantitative estimate of drug-likeness (QED) is 0.502. The molecular weight excluding hydrogens is 204 g/mol. The second-order valence-electron chi connectivity index (χ2n) is 8.36. The highest BCUT2D eigenvalue weighted by molar-refractivity contribution is 5.20. The molecule has 1 unspecified atom stereocenters. The predicted octanol–water partition coefficient (Wildman–Crippen LogP) is 5.83. The third-order valence-electron chi connectivity index (χ3n) is 5.11. The van der Waals surface area contributed by atoms with Gasteiger partial charge in [0.05, 0.1) is 0 Å². The van der Waals surface area contributed by atoms with Gasteiger partial charge >= 0.3 is 0 Å². The highest BCUT2D eigenvalue weighted by Gasteiger charge is 2.44. The lowest BCUT2D eigenvalue weighted by Gasteiger charge is -2.50. The van der Waals surface area contributed by atoms with Crippen LogP contribution in [-0.4, -0.2) is 0 Å². The topological polar surface area (TPSA) is 0 Å². The summed E-state index contributed by atoms with van der Waals surface area (Å²) in [4.78, 5) is 0. The first-order valence-electron chi connectivity index (χ1n) is 7.18. The minimum Gasteiger partial charge on any atom is -0.0845 e. The van der Waals surface area contributed by atoms with Crippen LogP contribution in [0, 0.1) is 22.2 Å². The lowest BCUT2D eigenvalue weighted by atomic mass is 9.55. The fourth-order valence-electron chi connectivity index (χ4n) is 2.98. The molecule has 0 aliphatic heterocycles. The maximum Gasteiger partial charge on any atom is -0.0142 e. The molecule has 100 valence electrons. The van der Waals surface area contributed by atoms with Crippen LogP contribution in [0.15, 0.2) is 11.6 Å². The van der Waals surface area contributed by atoms with Crippen LogP contribution in [0.1, 0.15) is 74.7 Å². The molecule has 1 atom stereocenters. The van der Waals surface area contributed by atoms with Crippen LogP contribution in [0.25, 0.3) is 0 Å². The zero-order valence-electron chi connectivity index (χ0n) is 13.3. The summed E-state index contributed by atoms with van der Waals surface area (Å²) in [6, 6.07) is 0. The van der Waals surface area contributed by atoms with Crippen molar-refractivity contribution in [2.45, 2.75) is 74.7 Å². The minimum absolute atomic E-state index is 0.327. The normalized spacial score (nSPS) is 23.5. The summed E-state index contributed by atoms with van der Waals surface area (Å²) in [6.45, 7) is 19.2. The standard InChI is InChI=1S/C17H32/c1-15(2,3)13-11-9-10-12-14(13)17(7,8)16(4,5)6/h11,14H,9-10,12H2,1-8H3. The summed E-state index contributed by atoms with van der Waals surface area (Å²) in [5.74, 6) is 0.747. The van der Waals surface area contributed by atoms with E-state index in [-0.39, 0.29) is 0 Å². The molecule has 0 spiro atoms. The van der Waals surface area contributed by atoms with Gasteiger partial charge in [0, 0.05) is 0 Å². The Kier molecular flexibility index (Phi) is 3.87. The predicted molar refractivity (Wildman–Crippen MR) is 78.1 cm³/mol. The Bertz CT molecular complexity index is 291. The monoisotopic (exact) mass is 236 g/mol. The molecule has 0 aromatic carbocycles. The van der Waals surface area contributed by atoms with Crippen LogP contribution < -0.4 is 0 Å². The largest absolute Gasteiger partial charge is 0.0845 e. The highest BCUT2D eigenvalue weighted by atomic mass is 14.5. The SMILES string of the molecule is CC(C)(C)C1=CCCCC1C(C)(C)C(C)(C)C. The average Bonchev–Trinajstić information content (AvgIpc) is 2.14. The van der Waals surface area contributed by atoms with Crippen molar-refractivity contribution in [2.24, 2.45) is 22.2 Å². The lowest BCUT2D eigenvalue weighted by Crippen LogP contribution is -2.41. The van der Waals surface area contributed by atoms with Crippen molar-refractivity contribution in [2.75, 3.05) is 0 Å². The van der Waals surface area contributed by atoms with Crippen molar-refractivity contribution in [3.8, 4) is 0 Å². The molecule has 0 heteroatoms. The summed E-state index contributed by atoms with van der Waals surface area (Å²) in [5.41, 5.74) is 2.75. The van der Waals surface area contributed by atoms with Gasteiger partial charge in [-0.05, 0) is 41.4 Å². The first-order chi connectivity index (χ1) is 7.48. The van der Waals surface area contributed by atoms with Crippen molar-refractivity contribution in [1.29, 1.82) is 0 Å². The fraction of sp³-hybridized carbons (Fsp3) is 0.882. The van der Waals surface area contributed by atoms with Crippen LogP contribution in [0.5, 0.6) is 0 Å². The number of rotatable bonds is 1. The van der Waals surface area contributed by atoms with Gasteiger partial charge in [-0.3, -0.25) is 0 Å². The molecule has 1 aliphatic rings. The van der Waals surface area contributed by atoms with Gasteiger partial charge in [0.25, 0.3) is 0 Å². The average molecular weight is 236 g/mol. The van der Waals surface area contributed by atoms with Crippen LogP contribution >= 0.6 is 0 Å². The Morgan fingerprint density at radius 1 is 0.941 bits per heavy atom. The maximum atomic E-state index is 2.53. The fourth-order valence-corrected chi connectivity index (χ4v) is 2.98. The van der Waals surface area contributed by atoms with E-state index in [1.807, 2.05) is 0 Å². The van der Waals surface area contributed by atoms with Gasteiger partial charge < -0.3 is 0 Å². The first kappa shape index (κ1) is 14.8. The molecule has 0 saturated heterocycles. The third-order valence-corrected chi connectivity index (χ3v) is 5.11. The van der Waals surface area contributed by atoms with Gasteiger partial charge in [0.2, 0.25) is 0 Å². The summed E-state index contributed by atoms with van der Waals surface area (Å²) < 4.78 is 0. The van der Waals surface area contributed by atoms with E-state index in [0.29, 0.717) is 16.2 Å². The van der Waals surface area contributed by atoms with Crippen molar-refractivity contribution in [3.05, 3.63) is 11.6 Å². The zero-order chi connectivity index (χ0) is 13.5. The van der Waals surface area contributed by atoms with Crippen molar-refractivity contribution in [3.63, 3.8) is 0 Å². The Morgan fingerprint density at radius 2 is 1.47 bits per heavy atom. The summed E-state index contributed by atoms with van der Waals surface area (Å²) >= 11 is 0. The lowest BCUT2D eigenvalue weighted by molar-refractivity contribution is 0.0547. The van der Waals surface area contributed by atoms with E-state index in [1.165, 1.54) is 19.3 Å². The number of allylic oxidation sites excluding steroid dienone is 2. The molecule has 0 aromatic heterocycles.